The van der Waals surface area contributed by atoms with Gasteiger partial charge in [0.1, 0.15) is 0 Å². The smallest absolute Gasteiger partial charge is 0.255 e. The summed E-state index contributed by atoms with van der Waals surface area (Å²) in [7, 11) is 0. The van der Waals surface area contributed by atoms with Crippen LogP contribution in [0.25, 0.3) is 11.6 Å². The molecule has 0 aliphatic rings. The lowest BCUT2D eigenvalue weighted by molar-refractivity contribution is -0.115. The highest BCUT2D eigenvalue weighted by Crippen LogP contribution is 2.25. The SMILES string of the molecule is CSc1ccc(C=C(C(=O)NCc2ccc(C(=O)Nc3ccccc3N)cc2)c2cccs2)cc1. The van der Waals surface area contributed by atoms with E-state index in [0.29, 0.717) is 29.1 Å². The lowest BCUT2D eigenvalue weighted by atomic mass is 10.1. The van der Waals surface area contributed by atoms with Gasteiger partial charge < -0.3 is 16.4 Å². The molecule has 35 heavy (non-hydrogen) atoms. The number of carbonyl (C=O) groups is 2. The monoisotopic (exact) mass is 499 g/mol. The molecule has 1 heterocycles. The molecule has 4 aromatic rings. The lowest BCUT2D eigenvalue weighted by Crippen LogP contribution is -2.23. The fraction of sp³-hybridized carbons (Fsp3) is 0.0714. The third kappa shape index (κ3) is 6.41. The van der Waals surface area contributed by atoms with Gasteiger partial charge in [-0.1, -0.05) is 42.5 Å². The maximum absolute atomic E-state index is 13.1. The van der Waals surface area contributed by atoms with Crippen molar-refractivity contribution in [2.24, 2.45) is 0 Å². The standard InChI is InChI=1S/C28H25N3O2S2/c1-34-22-14-10-19(11-15-22)17-23(26-7-4-16-35-26)28(33)30-18-20-8-12-21(13-9-20)27(32)31-25-6-3-2-5-24(25)29/h2-17H,18,29H2,1H3,(H,30,33)(H,31,32). The van der Waals surface area contributed by atoms with Crippen LogP contribution in [0.15, 0.2) is 95.2 Å². The van der Waals surface area contributed by atoms with Crippen LogP contribution in [0.2, 0.25) is 0 Å². The molecule has 4 N–H and O–H groups in total. The number of hydrogen-bond donors (Lipinski definition) is 3. The van der Waals surface area contributed by atoms with Crippen molar-refractivity contribution in [3.8, 4) is 0 Å². The van der Waals surface area contributed by atoms with Crippen molar-refractivity contribution in [2.75, 3.05) is 17.3 Å². The van der Waals surface area contributed by atoms with Gasteiger partial charge in [0.2, 0.25) is 0 Å². The van der Waals surface area contributed by atoms with Gasteiger partial charge in [-0.05, 0) is 71.3 Å². The van der Waals surface area contributed by atoms with E-state index in [2.05, 4.69) is 10.6 Å². The number of para-hydroxylation sites is 2. The second-order valence-electron chi connectivity index (χ2n) is 7.73. The van der Waals surface area contributed by atoms with Crippen LogP contribution >= 0.6 is 23.1 Å². The van der Waals surface area contributed by atoms with Crippen LogP contribution in [-0.4, -0.2) is 18.1 Å². The van der Waals surface area contributed by atoms with Crippen molar-refractivity contribution < 1.29 is 9.59 Å². The minimum atomic E-state index is -0.242. The predicted octanol–water partition coefficient (Wildman–Crippen LogP) is 6.16. The third-order valence-electron chi connectivity index (χ3n) is 5.34. The molecule has 4 rings (SSSR count). The maximum atomic E-state index is 13.1. The van der Waals surface area contributed by atoms with Gasteiger partial charge in [-0.15, -0.1) is 23.1 Å². The van der Waals surface area contributed by atoms with E-state index in [-0.39, 0.29) is 11.8 Å². The predicted molar refractivity (Wildman–Crippen MR) is 148 cm³/mol. The van der Waals surface area contributed by atoms with E-state index in [0.717, 1.165) is 16.0 Å². The van der Waals surface area contributed by atoms with Crippen LogP contribution < -0.4 is 16.4 Å². The van der Waals surface area contributed by atoms with Gasteiger partial charge in [-0.25, -0.2) is 0 Å². The second-order valence-corrected chi connectivity index (χ2v) is 9.56. The third-order valence-corrected chi connectivity index (χ3v) is 6.98. The Morgan fingerprint density at radius 1 is 0.943 bits per heavy atom. The van der Waals surface area contributed by atoms with Gasteiger partial charge in [0.25, 0.3) is 11.8 Å². The first-order valence-electron chi connectivity index (χ1n) is 11.0. The van der Waals surface area contributed by atoms with E-state index < -0.39 is 0 Å². The van der Waals surface area contributed by atoms with Gasteiger partial charge in [0.05, 0.1) is 16.9 Å². The Hall–Kier alpha value is -3.81. The maximum Gasteiger partial charge on any atom is 0.255 e. The van der Waals surface area contributed by atoms with Gasteiger partial charge >= 0.3 is 0 Å². The number of nitrogens with two attached hydrogens (primary N) is 1. The second kappa shape index (κ2) is 11.6. The van der Waals surface area contributed by atoms with Gasteiger partial charge in [-0.2, -0.15) is 0 Å². The quantitative estimate of drug-likeness (QED) is 0.154. The molecule has 0 bridgehead atoms. The highest BCUT2D eigenvalue weighted by atomic mass is 32.2. The zero-order chi connectivity index (χ0) is 24.6. The number of thioether (sulfide) groups is 1. The topological polar surface area (TPSA) is 84.2 Å². The van der Waals surface area contributed by atoms with E-state index in [9.17, 15) is 9.59 Å². The molecule has 3 aromatic carbocycles. The van der Waals surface area contributed by atoms with Crippen LogP contribution in [0, 0.1) is 0 Å². The molecule has 0 saturated carbocycles. The molecule has 0 aliphatic carbocycles. The van der Waals surface area contributed by atoms with Crippen molar-refractivity contribution in [3.63, 3.8) is 0 Å². The Balaban J connectivity index is 1.42. The van der Waals surface area contributed by atoms with Gasteiger partial charge in [-0.3, -0.25) is 9.59 Å². The summed E-state index contributed by atoms with van der Waals surface area (Å²) in [5.41, 5.74) is 9.97. The highest BCUT2D eigenvalue weighted by molar-refractivity contribution is 7.98. The van der Waals surface area contributed by atoms with Crippen molar-refractivity contribution in [1.82, 2.24) is 5.32 Å². The number of thiophene rings is 1. The molecule has 1 aromatic heterocycles. The molecule has 0 unspecified atom stereocenters. The number of rotatable bonds is 8. The number of nitrogens with one attached hydrogen (secondary N) is 2. The van der Waals surface area contributed by atoms with Crippen LogP contribution in [0.3, 0.4) is 0 Å². The van der Waals surface area contributed by atoms with Gasteiger partial charge in [0, 0.05) is 21.9 Å². The largest absolute Gasteiger partial charge is 0.397 e. The van der Waals surface area contributed by atoms with Crippen LogP contribution in [-0.2, 0) is 11.3 Å². The summed E-state index contributed by atoms with van der Waals surface area (Å²) >= 11 is 3.21. The Morgan fingerprint density at radius 3 is 2.34 bits per heavy atom. The number of nitrogen functional groups attached to an aromatic ring is 1. The summed E-state index contributed by atoms with van der Waals surface area (Å²) in [6.07, 6.45) is 3.95. The fourth-order valence-corrected chi connectivity index (χ4v) is 4.55. The Labute approximate surface area is 213 Å². The highest BCUT2D eigenvalue weighted by Gasteiger charge is 2.14. The van der Waals surface area contributed by atoms with Gasteiger partial charge in [0.15, 0.2) is 0 Å². The summed E-state index contributed by atoms with van der Waals surface area (Å²) in [6, 6.07) is 26.3. The molecule has 5 nitrogen and oxygen atoms in total. The van der Waals surface area contributed by atoms with E-state index in [4.69, 9.17) is 5.73 Å². The minimum absolute atomic E-state index is 0.150. The summed E-state index contributed by atoms with van der Waals surface area (Å²) in [5.74, 6) is -0.392. The number of benzene rings is 3. The Morgan fingerprint density at radius 2 is 1.69 bits per heavy atom. The van der Waals surface area contributed by atoms with E-state index in [1.54, 1.807) is 36.0 Å². The molecule has 7 heteroatoms. The molecular formula is C28H25N3O2S2. The summed E-state index contributed by atoms with van der Waals surface area (Å²) in [5, 5.41) is 7.78. The number of anilines is 2. The normalized spacial score (nSPS) is 11.2. The lowest BCUT2D eigenvalue weighted by Gasteiger charge is -2.10. The molecule has 0 spiro atoms. The molecule has 176 valence electrons. The zero-order valence-corrected chi connectivity index (χ0v) is 20.8. The summed E-state index contributed by atoms with van der Waals surface area (Å²) < 4.78 is 0. The average molecular weight is 500 g/mol. The van der Waals surface area contributed by atoms with Crippen molar-refractivity contribution in [1.29, 1.82) is 0 Å². The molecule has 0 aliphatic heterocycles. The first-order chi connectivity index (χ1) is 17.0. The first-order valence-corrected chi connectivity index (χ1v) is 13.1. The first kappa shape index (κ1) is 24.3. The zero-order valence-electron chi connectivity index (χ0n) is 19.2. The van der Waals surface area contributed by atoms with Crippen molar-refractivity contribution in [2.45, 2.75) is 11.4 Å². The van der Waals surface area contributed by atoms with E-state index in [1.165, 1.54) is 16.2 Å². The Kier molecular flexibility index (Phi) is 8.03. The molecule has 0 saturated heterocycles. The van der Waals surface area contributed by atoms with E-state index >= 15 is 0 Å². The number of amides is 2. The van der Waals surface area contributed by atoms with Crippen molar-refractivity contribution in [3.05, 3.63) is 112 Å². The van der Waals surface area contributed by atoms with E-state index in [1.807, 2.05) is 78.4 Å². The van der Waals surface area contributed by atoms with Crippen LogP contribution in [0.1, 0.15) is 26.4 Å². The minimum Gasteiger partial charge on any atom is -0.397 e. The number of hydrogen-bond acceptors (Lipinski definition) is 5. The summed E-state index contributed by atoms with van der Waals surface area (Å²) in [4.78, 5) is 27.7. The molecule has 0 radical (unpaired) electrons. The molecule has 0 atom stereocenters. The fourth-order valence-electron chi connectivity index (χ4n) is 3.40. The number of carbonyl (C=O) groups excluding carboxylic acids is 2. The molecule has 2 amide bonds. The Bertz CT molecular complexity index is 1330. The average Bonchev–Trinajstić information content (AvgIpc) is 3.42. The van der Waals surface area contributed by atoms with Crippen LogP contribution in [0.4, 0.5) is 11.4 Å². The molecule has 0 fully saturated rings. The van der Waals surface area contributed by atoms with Crippen molar-refractivity contribution >= 4 is 57.9 Å². The van der Waals surface area contributed by atoms with Crippen LogP contribution in [0.5, 0.6) is 0 Å². The molecular weight excluding hydrogens is 474 g/mol. The summed E-state index contributed by atoms with van der Waals surface area (Å²) in [6.45, 7) is 0.348.